The maximum Gasteiger partial charge on any atom is 0.137 e. The largest absolute Gasteiger partial charge is 0.490 e. The van der Waals surface area contributed by atoms with Gasteiger partial charge in [0.25, 0.3) is 0 Å². The number of fused-ring (bicyclic) bond motifs is 3. The van der Waals surface area contributed by atoms with E-state index in [0.29, 0.717) is 17.9 Å². The van der Waals surface area contributed by atoms with Gasteiger partial charge < -0.3 is 14.0 Å². The van der Waals surface area contributed by atoms with E-state index in [2.05, 4.69) is 28.8 Å². The van der Waals surface area contributed by atoms with Gasteiger partial charge in [0, 0.05) is 23.1 Å². The van der Waals surface area contributed by atoms with Crippen molar-refractivity contribution >= 4 is 10.9 Å². The molecular weight excluding hydrogens is 336 g/mol. The zero-order valence-corrected chi connectivity index (χ0v) is 15.9. The Morgan fingerprint density at radius 2 is 2.00 bits per heavy atom. The van der Waals surface area contributed by atoms with E-state index in [1.54, 1.807) is 0 Å². The molecule has 0 unspecified atom stereocenters. The van der Waals surface area contributed by atoms with Gasteiger partial charge in [-0.25, -0.2) is 0 Å². The molecule has 3 aromatic rings. The van der Waals surface area contributed by atoms with Crippen molar-refractivity contribution in [3.8, 4) is 17.6 Å². The van der Waals surface area contributed by atoms with Gasteiger partial charge in [-0.15, -0.1) is 0 Å². The zero-order chi connectivity index (χ0) is 18.8. The number of nitriles is 1. The summed E-state index contributed by atoms with van der Waals surface area (Å²) in [7, 11) is 0. The van der Waals surface area contributed by atoms with Crippen LogP contribution in [0.3, 0.4) is 0 Å². The standard InChI is InChI=1S/C23H24N2O2/c1-16(2)27-23-9-6-17(11-19(23)14-24)15-26-21-7-8-22-18(13-21)12-20-5-3-4-10-25(20)22/h6-9,11-13,16H,3-5,10,15H2,1-2H3. The van der Waals surface area contributed by atoms with Crippen LogP contribution in [0.2, 0.25) is 0 Å². The van der Waals surface area contributed by atoms with Crippen LogP contribution in [0.5, 0.6) is 11.5 Å². The fraction of sp³-hybridized carbons (Fsp3) is 0.348. The molecule has 0 amide bonds. The monoisotopic (exact) mass is 360 g/mol. The predicted molar refractivity (Wildman–Crippen MR) is 106 cm³/mol. The van der Waals surface area contributed by atoms with Crippen LogP contribution in [0.4, 0.5) is 0 Å². The topological polar surface area (TPSA) is 47.2 Å². The maximum atomic E-state index is 9.37. The van der Waals surface area contributed by atoms with Crippen LogP contribution in [0.25, 0.3) is 10.9 Å². The van der Waals surface area contributed by atoms with Gasteiger partial charge in [0.1, 0.15) is 24.2 Å². The van der Waals surface area contributed by atoms with Crippen molar-refractivity contribution in [2.75, 3.05) is 0 Å². The van der Waals surface area contributed by atoms with E-state index in [4.69, 9.17) is 9.47 Å². The van der Waals surface area contributed by atoms with E-state index in [9.17, 15) is 5.26 Å². The number of ether oxygens (including phenoxy) is 2. The molecule has 27 heavy (non-hydrogen) atoms. The highest BCUT2D eigenvalue weighted by Gasteiger charge is 2.13. The molecule has 0 saturated carbocycles. The predicted octanol–water partition coefficient (Wildman–Crippen LogP) is 5.22. The van der Waals surface area contributed by atoms with Gasteiger partial charge in [-0.05, 0) is 75.1 Å². The molecule has 2 aromatic carbocycles. The van der Waals surface area contributed by atoms with Gasteiger partial charge in [0.05, 0.1) is 11.7 Å². The second-order valence-electron chi connectivity index (χ2n) is 7.36. The minimum Gasteiger partial charge on any atom is -0.490 e. The molecule has 0 bridgehead atoms. The molecule has 0 fully saturated rings. The van der Waals surface area contributed by atoms with Crippen LogP contribution in [0.1, 0.15) is 43.5 Å². The van der Waals surface area contributed by atoms with Gasteiger partial charge in [-0.3, -0.25) is 0 Å². The Labute approximate surface area is 159 Å². The highest BCUT2D eigenvalue weighted by atomic mass is 16.5. The van der Waals surface area contributed by atoms with Crippen LogP contribution >= 0.6 is 0 Å². The normalized spacial score (nSPS) is 13.4. The summed E-state index contributed by atoms with van der Waals surface area (Å²) in [6.07, 6.45) is 3.73. The highest BCUT2D eigenvalue weighted by Crippen LogP contribution is 2.29. The lowest BCUT2D eigenvalue weighted by molar-refractivity contribution is 0.241. The van der Waals surface area contributed by atoms with Gasteiger partial charge >= 0.3 is 0 Å². The molecule has 1 aliphatic heterocycles. The molecule has 0 saturated heterocycles. The molecular formula is C23H24N2O2. The summed E-state index contributed by atoms with van der Waals surface area (Å²) < 4.78 is 14.1. The van der Waals surface area contributed by atoms with Gasteiger partial charge in [-0.2, -0.15) is 5.26 Å². The van der Waals surface area contributed by atoms with Crippen molar-refractivity contribution in [2.24, 2.45) is 0 Å². The van der Waals surface area contributed by atoms with E-state index in [1.165, 1.54) is 29.4 Å². The van der Waals surface area contributed by atoms with E-state index in [-0.39, 0.29) is 6.10 Å². The first-order valence-electron chi connectivity index (χ1n) is 9.58. The van der Waals surface area contributed by atoms with Crippen molar-refractivity contribution in [2.45, 2.75) is 52.4 Å². The quantitative estimate of drug-likeness (QED) is 0.627. The van der Waals surface area contributed by atoms with Gasteiger partial charge in [0.2, 0.25) is 0 Å². The molecule has 138 valence electrons. The lowest BCUT2D eigenvalue weighted by Crippen LogP contribution is -2.08. The second-order valence-corrected chi connectivity index (χ2v) is 7.36. The van der Waals surface area contributed by atoms with Crippen molar-refractivity contribution < 1.29 is 9.47 Å². The fourth-order valence-electron chi connectivity index (χ4n) is 3.72. The van der Waals surface area contributed by atoms with Crippen molar-refractivity contribution in [1.29, 1.82) is 5.26 Å². The number of aryl methyl sites for hydroxylation is 2. The third-order valence-corrected chi connectivity index (χ3v) is 4.96. The molecule has 0 radical (unpaired) electrons. The van der Waals surface area contributed by atoms with Gasteiger partial charge in [-0.1, -0.05) is 6.07 Å². The van der Waals surface area contributed by atoms with Crippen LogP contribution in [0, 0.1) is 11.3 Å². The average Bonchev–Trinajstić information content (AvgIpc) is 3.04. The summed E-state index contributed by atoms with van der Waals surface area (Å²) in [5, 5.41) is 10.6. The summed E-state index contributed by atoms with van der Waals surface area (Å²) in [5.74, 6) is 1.48. The second kappa shape index (κ2) is 7.36. The lowest BCUT2D eigenvalue weighted by atomic mass is 10.1. The third-order valence-electron chi connectivity index (χ3n) is 4.96. The molecule has 0 atom stereocenters. The molecule has 1 aliphatic rings. The molecule has 4 rings (SSSR count). The van der Waals surface area contributed by atoms with Crippen LogP contribution < -0.4 is 9.47 Å². The summed E-state index contributed by atoms with van der Waals surface area (Å²) in [6.45, 7) is 5.44. The SMILES string of the molecule is CC(C)Oc1ccc(COc2ccc3c(c2)cc2n3CCCC2)cc1C#N. The average molecular weight is 360 g/mol. The first-order valence-corrected chi connectivity index (χ1v) is 9.58. The Kier molecular flexibility index (Phi) is 4.77. The van der Waals surface area contributed by atoms with Crippen molar-refractivity contribution in [3.63, 3.8) is 0 Å². The van der Waals surface area contributed by atoms with Crippen molar-refractivity contribution in [3.05, 3.63) is 59.3 Å². The van der Waals surface area contributed by atoms with E-state index in [1.807, 2.05) is 38.1 Å². The molecule has 2 heterocycles. The number of hydrogen-bond donors (Lipinski definition) is 0. The zero-order valence-electron chi connectivity index (χ0n) is 15.9. The van der Waals surface area contributed by atoms with E-state index < -0.39 is 0 Å². The summed E-state index contributed by atoms with van der Waals surface area (Å²) >= 11 is 0. The number of nitrogens with zero attached hydrogens (tertiary/aromatic N) is 2. The smallest absolute Gasteiger partial charge is 0.137 e. The van der Waals surface area contributed by atoms with Crippen molar-refractivity contribution in [1.82, 2.24) is 4.57 Å². The molecule has 1 aromatic heterocycles. The third kappa shape index (κ3) is 3.64. The first-order chi connectivity index (χ1) is 13.1. The summed E-state index contributed by atoms with van der Waals surface area (Å²) in [5.41, 5.74) is 4.21. The Balaban J connectivity index is 1.51. The van der Waals surface area contributed by atoms with E-state index in [0.717, 1.165) is 24.3 Å². The van der Waals surface area contributed by atoms with Crippen LogP contribution in [-0.2, 0) is 19.6 Å². The van der Waals surface area contributed by atoms with Crippen LogP contribution in [0.15, 0.2) is 42.5 Å². The Morgan fingerprint density at radius 3 is 2.81 bits per heavy atom. The number of aromatic nitrogens is 1. The molecule has 0 N–H and O–H groups in total. The highest BCUT2D eigenvalue weighted by molar-refractivity contribution is 5.83. The number of hydrogen-bond acceptors (Lipinski definition) is 3. The Bertz CT molecular complexity index is 1010. The minimum absolute atomic E-state index is 0.0409. The summed E-state index contributed by atoms with van der Waals surface area (Å²) in [6, 6.07) is 16.4. The van der Waals surface area contributed by atoms with Gasteiger partial charge in [0.15, 0.2) is 0 Å². The maximum absolute atomic E-state index is 9.37. The lowest BCUT2D eigenvalue weighted by Gasteiger charge is -2.15. The molecule has 0 spiro atoms. The fourth-order valence-corrected chi connectivity index (χ4v) is 3.72. The minimum atomic E-state index is 0.0409. The molecule has 4 heteroatoms. The summed E-state index contributed by atoms with van der Waals surface area (Å²) in [4.78, 5) is 0. The first kappa shape index (κ1) is 17.5. The number of benzene rings is 2. The Hall–Kier alpha value is -2.93. The van der Waals surface area contributed by atoms with E-state index >= 15 is 0 Å². The Morgan fingerprint density at radius 1 is 1.11 bits per heavy atom. The molecule has 0 aliphatic carbocycles. The van der Waals surface area contributed by atoms with Crippen LogP contribution in [-0.4, -0.2) is 10.7 Å². The number of rotatable bonds is 5. The molecule has 4 nitrogen and oxygen atoms in total.